The zero-order valence-corrected chi connectivity index (χ0v) is 7.86. The molecule has 0 atom stereocenters. The van der Waals surface area contributed by atoms with Crippen LogP contribution in [0.2, 0.25) is 0 Å². The van der Waals surface area contributed by atoms with Crippen molar-refractivity contribution >= 4 is 0 Å². The van der Waals surface area contributed by atoms with E-state index in [9.17, 15) is 0 Å². The molecule has 0 aromatic carbocycles. The van der Waals surface area contributed by atoms with Crippen molar-refractivity contribution in [2.24, 2.45) is 5.41 Å². The molecule has 0 aromatic heterocycles. The lowest BCUT2D eigenvalue weighted by molar-refractivity contribution is 0.134. The standard InChI is InChI=1S/C10H20N2/c1-2-6-11-7-3-5-10(4-1)8-12-9-10/h11-12H,1-9H2. The van der Waals surface area contributed by atoms with E-state index in [1.807, 2.05) is 0 Å². The summed E-state index contributed by atoms with van der Waals surface area (Å²) in [4.78, 5) is 0. The van der Waals surface area contributed by atoms with E-state index in [-0.39, 0.29) is 0 Å². The SMILES string of the molecule is C1CCC2(CCCNC1)CNC2. The van der Waals surface area contributed by atoms with Gasteiger partial charge in [-0.2, -0.15) is 0 Å². The maximum atomic E-state index is 3.49. The van der Waals surface area contributed by atoms with Gasteiger partial charge < -0.3 is 10.6 Å². The summed E-state index contributed by atoms with van der Waals surface area (Å²) in [5.74, 6) is 0. The second kappa shape index (κ2) is 3.75. The molecule has 2 heteroatoms. The van der Waals surface area contributed by atoms with Gasteiger partial charge >= 0.3 is 0 Å². The topological polar surface area (TPSA) is 24.1 Å². The number of hydrogen-bond acceptors (Lipinski definition) is 2. The van der Waals surface area contributed by atoms with Gasteiger partial charge in [0.1, 0.15) is 0 Å². The molecule has 1 spiro atoms. The minimum absolute atomic E-state index is 0.714. The van der Waals surface area contributed by atoms with Crippen LogP contribution < -0.4 is 10.6 Å². The molecule has 2 rings (SSSR count). The first-order valence-corrected chi connectivity index (χ1v) is 5.33. The van der Waals surface area contributed by atoms with Crippen LogP contribution in [0.5, 0.6) is 0 Å². The molecule has 0 unspecified atom stereocenters. The number of hydrogen-bond donors (Lipinski definition) is 2. The fourth-order valence-electron chi connectivity index (χ4n) is 2.42. The molecule has 2 nitrogen and oxygen atoms in total. The van der Waals surface area contributed by atoms with Crippen LogP contribution in [0, 0.1) is 5.41 Å². The van der Waals surface area contributed by atoms with E-state index in [0.29, 0.717) is 5.41 Å². The maximum Gasteiger partial charge on any atom is 0.00202 e. The van der Waals surface area contributed by atoms with Crippen molar-refractivity contribution in [3.63, 3.8) is 0 Å². The Bertz CT molecular complexity index is 129. The molecule has 2 aliphatic rings. The molecule has 70 valence electrons. The molecule has 0 saturated carbocycles. The van der Waals surface area contributed by atoms with Crippen LogP contribution in [0.3, 0.4) is 0 Å². The van der Waals surface area contributed by atoms with Crippen LogP contribution in [0.4, 0.5) is 0 Å². The molecule has 0 radical (unpaired) electrons. The van der Waals surface area contributed by atoms with Gasteiger partial charge in [-0.1, -0.05) is 6.42 Å². The molecule has 0 aliphatic carbocycles. The molecule has 0 bridgehead atoms. The summed E-state index contributed by atoms with van der Waals surface area (Å²) in [7, 11) is 0. The van der Waals surface area contributed by atoms with E-state index >= 15 is 0 Å². The highest BCUT2D eigenvalue weighted by Gasteiger charge is 2.35. The van der Waals surface area contributed by atoms with E-state index in [4.69, 9.17) is 0 Å². The van der Waals surface area contributed by atoms with Gasteiger partial charge in [-0.05, 0) is 44.2 Å². The van der Waals surface area contributed by atoms with Gasteiger partial charge in [-0.15, -0.1) is 0 Å². The van der Waals surface area contributed by atoms with Gasteiger partial charge in [0.2, 0.25) is 0 Å². The molecule has 2 aliphatic heterocycles. The fraction of sp³-hybridized carbons (Fsp3) is 1.00. The minimum atomic E-state index is 0.714. The summed E-state index contributed by atoms with van der Waals surface area (Å²) in [6, 6.07) is 0. The van der Waals surface area contributed by atoms with Crippen LogP contribution >= 0.6 is 0 Å². The average Bonchev–Trinajstić information content (AvgIpc) is 2.12. The lowest BCUT2D eigenvalue weighted by atomic mass is 9.74. The lowest BCUT2D eigenvalue weighted by Crippen LogP contribution is -2.53. The molecule has 2 N–H and O–H groups in total. The van der Waals surface area contributed by atoms with Crippen molar-refractivity contribution in [2.75, 3.05) is 26.2 Å². The van der Waals surface area contributed by atoms with E-state index in [0.717, 1.165) is 0 Å². The van der Waals surface area contributed by atoms with E-state index in [1.165, 1.54) is 58.3 Å². The monoisotopic (exact) mass is 168 g/mol. The van der Waals surface area contributed by atoms with Gasteiger partial charge in [-0.25, -0.2) is 0 Å². The van der Waals surface area contributed by atoms with E-state index < -0.39 is 0 Å². The van der Waals surface area contributed by atoms with Crippen LogP contribution in [0.1, 0.15) is 32.1 Å². The molecule has 0 aromatic rings. The number of rotatable bonds is 0. The van der Waals surface area contributed by atoms with Crippen LogP contribution in [-0.4, -0.2) is 26.2 Å². The summed E-state index contributed by atoms with van der Waals surface area (Å²) in [6.45, 7) is 5.05. The first-order chi connectivity index (χ1) is 5.91. The Hall–Kier alpha value is -0.0800. The summed E-state index contributed by atoms with van der Waals surface area (Å²) < 4.78 is 0. The molecule has 0 amide bonds. The van der Waals surface area contributed by atoms with Crippen molar-refractivity contribution in [1.82, 2.24) is 10.6 Å². The minimum Gasteiger partial charge on any atom is -0.317 e. The normalized spacial score (nSPS) is 30.0. The second-order valence-corrected chi connectivity index (χ2v) is 4.41. The first-order valence-electron chi connectivity index (χ1n) is 5.33. The zero-order valence-electron chi connectivity index (χ0n) is 7.86. The largest absolute Gasteiger partial charge is 0.317 e. The highest BCUT2D eigenvalue weighted by atomic mass is 15.0. The van der Waals surface area contributed by atoms with Crippen LogP contribution in [0.15, 0.2) is 0 Å². The van der Waals surface area contributed by atoms with Gasteiger partial charge in [-0.3, -0.25) is 0 Å². The van der Waals surface area contributed by atoms with Crippen molar-refractivity contribution in [3.8, 4) is 0 Å². The summed E-state index contributed by atoms with van der Waals surface area (Å²) in [5, 5.41) is 6.91. The summed E-state index contributed by atoms with van der Waals surface area (Å²) in [6.07, 6.45) is 7.08. The molecular formula is C10H20N2. The highest BCUT2D eigenvalue weighted by Crippen LogP contribution is 2.34. The Balaban J connectivity index is 1.85. The Morgan fingerprint density at radius 3 is 2.25 bits per heavy atom. The third-order valence-corrected chi connectivity index (χ3v) is 3.37. The Kier molecular flexibility index (Phi) is 2.66. The average molecular weight is 168 g/mol. The maximum absolute atomic E-state index is 3.49. The highest BCUT2D eigenvalue weighted by molar-refractivity contribution is 4.92. The molecule has 12 heavy (non-hydrogen) atoms. The van der Waals surface area contributed by atoms with Gasteiger partial charge in [0.15, 0.2) is 0 Å². The Morgan fingerprint density at radius 2 is 1.50 bits per heavy atom. The fourth-order valence-corrected chi connectivity index (χ4v) is 2.42. The van der Waals surface area contributed by atoms with Crippen molar-refractivity contribution < 1.29 is 0 Å². The van der Waals surface area contributed by atoms with Crippen molar-refractivity contribution in [2.45, 2.75) is 32.1 Å². The predicted octanol–water partition coefficient (Wildman–Crippen LogP) is 1.13. The third kappa shape index (κ3) is 1.80. The van der Waals surface area contributed by atoms with Gasteiger partial charge in [0, 0.05) is 13.1 Å². The second-order valence-electron chi connectivity index (χ2n) is 4.41. The molecular weight excluding hydrogens is 148 g/mol. The van der Waals surface area contributed by atoms with E-state index in [1.54, 1.807) is 0 Å². The van der Waals surface area contributed by atoms with Crippen molar-refractivity contribution in [3.05, 3.63) is 0 Å². The number of nitrogens with one attached hydrogen (secondary N) is 2. The van der Waals surface area contributed by atoms with Crippen LogP contribution in [-0.2, 0) is 0 Å². The quantitative estimate of drug-likeness (QED) is 0.566. The summed E-state index contributed by atoms with van der Waals surface area (Å²) in [5.41, 5.74) is 0.714. The smallest absolute Gasteiger partial charge is 0.00202 e. The first kappa shape index (κ1) is 8.52. The van der Waals surface area contributed by atoms with E-state index in [2.05, 4.69) is 10.6 Å². The third-order valence-electron chi connectivity index (χ3n) is 3.37. The van der Waals surface area contributed by atoms with Gasteiger partial charge in [0.05, 0.1) is 0 Å². The molecule has 2 heterocycles. The molecule has 2 fully saturated rings. The molecule has 2 saturated heterocycles. The van der Waals surface area contributed by atoms with Gasteiger partial charge in [0.25, 0.3) is 0 Å². The predicted molar refractivity (Wildman–Crippen MR) is 51.3 cm³/mol. The summed E-state index contributed by atoms with van der Waals surface area (Å²) >= 11 is 0. The Labute approximate surface area is 75.1 Å². The Morgan fingerprint density at radius 1 is 0.750 bits per heavy atom. The van der Waals surface area contributed by atoms with Crippen molar-refractivity contribution in [1.29, 1.82) is 0 Å². The lowest BCUT2D eigenvalue weighted by Gasteiger charge is -2.43. The zero-order chi connectivity index (χ0) is 8.28. The van der Waals surface area contributed by atoms with Crippen LogP contribution in [0.25, 0.3) is 0 Å².